The molecule has 1 aromatic heterocycles. The number of carbonyl (C=O) groups is 1. The number of allylic oxidation sites excluding steroid dienone is 1. The van der Waals surface area contributed by atoms with Gasteiger partial charge in [0.2, 0.25) is 0 Å². The van der Waals surface area contributed by atoms with Gasteiger partial charge in [0.1, 0.15) is 0 Å². The zero-order valence-electron chi connectivity index (χ0n) is 18.5. The largest absolute Gasteiger partial charge is 0.286 e. The van der Waals surface area contributed by atoms with Crippen molar-refractivity contribution in [1.82, 2.24) is 20.2 Å². The molecule has 33 heavy (non-hydrogen) atoms. The molecule has 2 aromatic carbocycles. The van der Waals surface area contributed by atoms with Crippen molar-refractivity contribution < 1.29 is 4.79 Å². The van der Waals surface area contributed by atoms with Crippen molar-refractivity contribution >= 4 is 52.4 Å². The Morgan fingerprint density at radius 1 is 1.03 bits per heavy atom. The van der Waals surface area contributed by atoms with E-state index in [2.05, 4.69) is 5.43 Å². The fourth-order valence-corrected chi connectivity index (χ4v) is 4.81. The Kier molecular flexibility index (Phi) is 7.45. The summed E-state index contributed by atoms with van der Waals surface area (Å²) in [6.45, 7) is 5.57. The minimum Gasteiger partial charge on any atom is -0.283 e. The van der Waals surface area contributed by atoms with E-state index in [4.69, 9.17) is 39.9 Å². The highest BCUT2D eigenvalue weighted by atomic mass is 35.5. The van der Waals surface area contributed by atoms with Crippen molar-refractivity contribution in [2.24, 2.45) is 0 Å². The zero-order valence-corrected chi connectivity index (χ0v) is 20.8. The number of nitrogens with one attached hydrogen (secondary N) is 1. The number of aromatic nitrogens is 2. The summed E-state index contributed by atoms with van der Waals surface area (Å²) in [5, 5.41) is 8.30. The van der Waals surface area contributed by atoms with Crippen molar-refractivity contribution in [3.63, 3.8) is 0 Å². The number of benzene rings is 2. The predicted molar refractivity (Wildman–Crippen MR) is 136 cm³/mol. The van der Waals surface area contributed by atoms with Crippen molar-refractivity contribution in [3.8, 4) is 5.69 Å². The van der Waals surface area contributed by atoms with E-state index in [9.17, 15) is 4.79 Å². The minimum atomic E-state index is -0.227. The fourth-order valence-electron chi connectivity index (χ4n) is 4.12. The van der Waals surface area contributed by atoms with Gasteiger partial charge in [-0.1, -0.05) is 53.4 Å². The zero-order chi connectivity index (χ0) is 23.5. The summed E-state index contributed by atoms with van der Waals surface area (Å²) in [7, 11) is 0. The highest BCUT2D eigenvalue weighted by Gasteiger charge is 2.24. The van der Waals surface area contributed by atoms with Crippen LogP contribution >= 0.6 is 34.8 Å². The molecule has 5 nitrogen and oxygen atoms in total. The van der Waals surface area contributed by atoms with Crippen molar-refractivity contribution in [3.05, 3.63) is 80.0 Å². The van der Waals surface area contributed by atoms with Crippen molar-refractivity contribution in [2.45, 2.75) is 33.1 Å². The van der Waals surface area contributed by atoms with Gasteiger partial charge in [-0.3, -0.25) is 10.2 Å². The number of halogens is 3. The third-order valence-electron chi connectivity index (χ3n) is 5.70. The fraction of sp³-hybridized carbons (Fsp3) is 0.280. The molecular weight excluding hydrogens is 479 g/mol. The van der Waals surface area contributed by atoms with Crippen LogP contribution in [0.15, 0.2) is 42.5 Å². The van der Waals surface area contributed by atoms with Gasteiger partial charge in [0.25, 0.3) is 5.91 Å². The number of hydrogen-bond donors (Lipinski definition) is 1. The van der Waals surface area contributed by atoms with Crippen LogP contribution in [0.25, 0.3) is 17.3 Å². The molecule has 0 saturated carbocycles. The molecule has 0 atom stereocenters. The number of rotatable bonds is 5. The normalized spacial score (nSPS) is 15.0. The van der Waals surface area contributed by atoms with Gasteiger partial charge >= 0.3 is 0 Å². The molecule has 172 valence electrons. The smallest absolute Gasteiger partial charge is 0.283 e. The van der Waals surface area contributed by atoms with E-state index >= 15 is 0 Å². The summed E-state index contributed by atoms with van der Waals surface area (Å²) >= 11 is 18.8. The molecule has 4 rings (SSSR count). The molecule has 0 spiro atoms. The van der Waals surface area contributed by atoms with E-state index in [0.717, 1.165) is 48.3 Å². The Hall–Kier alpha value is -2.31. The van der Waals surface area contributed by atoms with Gasteiger partial charge in [-0.05, 0) is 74.2 Å². The average molecular weight is 504 g/mol. The molecule has 1 N–H and O–H groups in total. The van der Waals surface area contributed by atoms with Crippen LogP contribution in [-0.4, -0.2) is 33.8 Å². The van der Waals surface area contributed by atoms with Gasteiger partial charge < -0.3 is 0 Å². The molecular formula is C25H25Cl3N4O. The topological polar surface area (TPSA) is 50.2 Å². The molecule has 8 heteroatoms. The molecule has 1 saturated heterocycles. The van der Waals surface area contributed by atoms with Crippen molar-refractivity contribution in [2.75, 3.05) is 13.1 Å². The lowest BCUT2D eigenvalue weighted by molar-refractivity contribution is 0.0743. The molecule has 0 unspecified atom stereocenters. The van der Waals surface area contributed by atoms with Crippen LogP contribution in [0.4, 0.5) is 0 Å². The Bertz CT molecular complexity index is 1210. The number of hydrazine groups is 1. The lowest BCUT2D eigenvalue weighted by atomic mass is 10.0. The molecule has 0 bridgehead atoms. The van der Waals surface area contributed by atoms with Crippen LogP contribution < -0.4 is 5.43 Å². The highest BCUT2D eigenvalue weighted by Crippen LogP contribution is 2.31. The molecule has 0 aliphatic carbocycles. The Morgan fingerprint density at radius 2 is 1.76 bits per heavy atom. The van der Waals surface area contributed by atoms with Crippen LogP contribution in [0.5, 0.6) is 0 Å². The monoisotopic (exact) mass is 502 g/mol. The quantitative estimate of drug-likeness (QED) is 0.415. The summed E-state index contributed by atoms with van der Waals surface area (Å²) in [6.07, 6.45) is 5.34. The molecule has 3 aromatic rings. The van der Waals surface area contributed by atoms with Crippen LogP contribution in [0.1, 0.15) is 53.5 Å². The molecule has 1 aliphatic heterocycles. The second-order valence-electron chi connectivity index (χ2n) is 8.20. The van der Waals surface area contributed by atoms with E-state index < -0.39 is 0 Å². The molecule has 1 amide bonds. The average Bonchev–Trinajstić information content (AvgIpc) is 3.11. The lowest BCUT2D eigenvalue weighted by Gasteiger charge is -2.26. The summed E-state index contributed by atoms with van der Waals surface area (Å²) in [5.74, 6) is -0.227. The molecule has 2 heterocycles. The van der Waals surface area contributed by atoms with Crippen molar-refractivity contribution in [1.29, 1.82) is 0 Å². The third kappa shape index (κ3) is 5.44. The SMILES string of the molecule is C/C(=C\c1cccc(Cl)c1)c1c(C)c(C(=O)NN2CCCCC2)nn1-c1ccc(Cl)cc1Cl. The standard InChI is InChI=1S/C25H25Cl3N4O/c1-16(13-18-7-6-8-19(26)14-18)24-17(2)23(25(33)30-31-11-4-3-5-12-31)29-32(24)22-10-9-20(27)15-21(22)28/h6-10,13-15H,3-5,11-12H2,1-2H3,(H,30,33)/b16-13+. The van der Waals surface area contributed by atoms with Gasteiger partial charge in [0.05, 0.1) is 16.4 Å². The first kappa shape index (κ1) is 23.8. The number of amides is 1. The summed E-state index contributed by atoms with van der Waals surface area (Å²) in [5.41, 5.74) is 7.46. The number of carbonyl (C=O) groups excluding carboxylic acids is 1. The van der Waals surface area contributed by atoms with E-state index in [1.807, 2.05) is 49.2 Å². The third-order valence-corrected chi connectivity index (χ3v) is 6.47. The van der Waals surface area contributed by atoms with E-state index in [1.54, 1.807) is 22.9 Å². The van der Waals surface area contributed by atoms with E-state index in [1.165, 1.54) is 6.42 Å². The maximum Gasteiger partial charge on any atom is 0.286 e. The molecule has 1 aliphatic rings. The number of hydrogen-bond acceptors (Lipinski definition) is 3. The van der Waals surface area contributed by atoms with Gasteiger partial charge in [-0.2, -0.15) is 5.10 Å². The second kappa shape index (κ2) is 10.3. The van der Waals surface area contributed by atoms with Crippen LogP contribution in [-0.2, 0) is 0 Å². The molecule has 1 fully saturated rings. The minimum absolute atomic E-state index is 0.227. The lowest BCUT2D eigenvalue weighted by Crippen LogP contribution is -2.45. The first-order chi connectivity index (χ1) is 15.8. The summed E-state index contributed by atoms with van der Waals surface area (Å²) in [6, 6.07) is 12.8. The maximum atomic E-state index is 13.2. The van der Waals surface area contributed by atoms with E-state index in [0.29, 0.717) is 26.4 Å². The number of piperidine rings is 1. The highest BCUT2D eigenvalue weighted by molar-refractivity contribution is 6.35. The second-order valence-corrected chi connectivity index (χ2v) is 9.48. The Balaban J connectivity index is 1.80. The van der Waals surface area contributed by atoms with E-state index in [-0.39, 0.29) is 5.91 Å². The maximum absolute atomic E-state index is 13.2. The predicted octanol–water partition coefficient (Wildman–Crippen LogP) is 6.83. The first-order valence-corrected chi connectivity index (χ1v) is 12.0. The summed E-state index contributed by atoms with van der Waals surface area (Å²) < 4.78 is 1.72. The van der Waals surface area contributed by atoms with Gasteiger partial charge in [0.15, 0.2) is 5.69 Å². The van der Waals surface area contributed by atoms with Gasteiger partial charge in [-0.25, -0.2) is 9.69 Å². The van der Waals surface area contributed by atoms with Crippen LogP contribution in [0, 0.1) is 6.92 Å². The van der Waals surface area contributed by atoms with Crippen LogP contribution in [0.2, 0.25) is 15.1 Å². The summed E-state index contributed by atoms with van der Waals surface area (Å²) in [4.78, 5) is 13.2. The van der Waals surface area contributed by atoms with Crippen LogP contribution in [0.3, 0.4) is 0 Å². The Morgan fingerprint density at radius 3 is 2.45 bits per heavy atom. The molecule has 0 radical (unpaired) electrons. The van der Waals surface area contributed by atoms with Gasteiger partial charge in [-0.15, -0.1) is 0 Å². The van der Waals surface area contributed by atoms with Gasteiger partial charge in [0, 0.05) is 28.7 Å². The Labute approximate surface area is 208 Å². The first-order valence-electron chi connectivity index (χ1n) is 10.9. The number of nitrogens with zero attached hydrogens (tertiary/aromatic N) is 3.